The lowest BCUT2D eigenvalue weighted by Gasteiger charge is -2.28. The summed E-state index contributed by atoms with van der Waals surface area (Å²) >= 11 is 0. The Kier molecular flexibility index (Phi) is 4.98. The third-order valence-corrected chi connectivity index (χ3v) is 5.05. The molecule has 0 atom stereocenters. The van der Waals surface area contributed by atoms with Crippen molar-refractivity contribution in [2.24, 2.45) is 0 Å². The minimum atomic E-state index is 0.574. The monoisotopic (exact) mass is 349 g/mol. The molecular weight excluding hydrogens is 326 g/mol. The molecule has 0 spiro atoms. The minimum Gasteiger partial charge on any atom is -0.378 e. The Bertz CT molecular complexity index is 825. The molecule has 3 heterocycles. The lowest BCUT2D eigenvalue weighted by molar-refractivity contribution is 0.122. The van der Waals surface area contributed by atoms with Gasteiger partial charge in [-0.15, -0.1) is 10.2 Å². The van der Waals surface area contributed by atoms with Crippen LogP contribution in [0.15, 0.2) is 24.3 Å². The molecule has 0 N–H and O–H groups in total. The highest BCUT2D eigenvalue weighted by molar-refractivity contribution is 5.87. The second-order valence-electron chi connectivity index (χ2n) is 6.76. The second-order valence-corrected chi connectivity index (χ2v) is 6.76. The molecule has 2 aromatic rings. The third kappa shape index (κ3) is 3.49. The lowest BCUT2D eigenvalue weighted by Crippen LogP contribution is -2.36. The molecule has 0 bridgehead atoms. The number of allylic oxidation sites excluding steroid dienone is 1. The average Bonchev–Trinajstić information content (AvgIpc) is 2.95. The Morgan fingerprint density at radius 2 is 1.85 bits per heavy atom. The Hall–Kier alpha value is -2.65. The van der Waals surface area contributed by atoms with Crippen molar-refractivity contribution in [3.05, 3.63) is 41.5 Å². The molecule has 0 radical (unpaired) electrons. The molecule has 0 aliphatic carbocycles. The highest BCUT2D eigenvalue weighted by Crippen LogP contribution is 2.23. The predicted octanol–water partition coefficient (Wildman–Crippen LogP) is 2.91. The Morgan fingerprint density at radius 1 is 1.04 bits per heavy atom. The first-order chi connectivity index (χ1) is 12.8. The number of fused-ring (bicyclic) bond motifs is 1. The number of morpholine rings is 1. The summed E-state index contributed by atoms with van der Waals surface area (Å²) in [6.07, 6.45) is 6.32. The molecule has 1 aromatic heterocycles. The van der Waals surface area contributed by atoms with Gasteiger partial charge in [-0.05, 0) is 36.6 Å². The predicted molar refractivity (Wildman–Crippen MR) is 101 cm³/mol. The standard InChI is InChI=1S/C20H23N5O/c21-15-17(20-23-22-19-4-2-1-3-9-25(19)20)14-16-5-7-18(8-6-16)24-10-12-26-13-11-24/h5-8,14H,1-4,9-13H2/b17-14-. The summed E-state index contributed by atoms with van der Waals surface area (Å²) in [6, 6.07) is 10.6. The number of nitriles is 1. The molecule has 134 valence electrons. The van der Waals surface area contributed by atoms with Crippen molar-refractivity contribution in [1.29, 1.82) is 5.26 Å². The fourth-order valence-electron chi connectivity index (χ4n) is 3.60. The summed E-state index contributed by atoms with van der Waals surface area (Å²) in [6.45, 7) is 4.29. The van der Waals surface area contributed by atoms with Gasteiger partial charge in [0.05, 0.1) is 18.8 Å². The zero-order valence-corrected chi connectivity index (χ0v) is 14.9. The molecule has 1 aromatic carbocycles. The largest absolute Gasteiger partial charge is 0.378 e. The number of aromatic nitrogens is 3. The van der Waals surface area contributed by atoms with Gasteiger partial charge < -0.3 is 14.2 Å². The van der Waals surface area contributed by atoms with E-state index in [0.29, 0.717) is 11.4 Å². The van der Waals surface area contributed by atoms with Crippen LogP contribution in [0.1, 0.15) is 36.5 Å². The number of hydrogen-bond donors (Lipinski definition) is 0. The highest BCUT2D eigenvalue weighted by atomic mass is 16.5. The molecule has 1 fully saturated rings. The van der Waals surface area contributed by atoms with E-state index >= 15 is 0 Å². The van der Waals surface area contributed by atoms with Gasteiger partial charge in [0.1, 0.15) is 11.9 Å². The van der Waals surface area contributed by atoms with Gasteiger partial charge in [0, 0.05) is 31.7 Å². The maximum Gasteiger partial charge on any atom is 0.174 e. The van der Waals surface area contributed by atoms with Crippen molar-refractivity contribution in [2.45, 2.75) is 32.2 Å². The number of anilines is 1. The van der Waals surface area contributed by atoms with Crippen LogP contribution in [0.5, 0.6) is 0 Å². The zero-order valence-electron chi connectivity index (χ0n) is 14.9. The van der Waals surface area contributed by atoms with E-state index in [1.54, 1.807) is 0 Å². The molecule has 4 rings (SSSR count). The summed E-state index contributed by atoms with van der Waals surface area (Å²) in [5, 5.41) is 18.3. The Labute approximate surface area is 153 Å². The summed E-state index contributed by atoms with van der Waals surface area (Å²) in [4.78, 5) is 2.32. The van der Waals surface area contributed by atoms with Gasteiger partial charge in [0.15, 0.2) is 5.82 Å². The van der Waals surface area contributed by atoms with Crippen molar-refractivity contribution in [1.82, 2.24) is 14.8 Å². The number of hydrogen-bond acceptors (Lipinski definition) is 5. The van der Waals surface area contributed by atoms with Crippen LogP contribution < -0.4 is 4.90 Å². The van der Waals surface area contributed by atoms with E-state index in [-0.39, 0.29) is 0 Å². The van der Waals surface area contributed by atoms with E-state index in [0.717, 1.165) is 63.5 Å². The molecule has 0 amide bonds. The van der Waals surface area contributed by atoms with Crippen molar-refractivity contribution in [3.63, 3.8) is 0 Å². The number of benzene rings is 1. The molecule has 1 saturated heterocycles. The lowest BCUT2D eigenvalue weighted by atomic mass is 10.1. The van der Waals surface area contributed by atoms with Gasteiger partial charge in [0.2, 0.25) is 0 Å². The molecule has 6 nitrogen and oxygen atoms in total. The Morgan fingerprint density at radius 3 is 2.62 bits per heavy atom. The quantitative estimate of drug-likeness (QED) is 0.797. The molecule has 6 heteroatoms. The van der Waals surface area contributed by atoms with E-state index in [9.17, 15) is 5.26 Å². The van der Waals surface area contributed by atoms with E-state index in [1.807, 2.05) is 6.08 Å². The summed E-state index contributed by atoms with van der Waals surface area (Å²) in [5.41, 5.74) is 2.77. The highest BCUT2D eigenvalue weighted by Gasteiger charge is 2.17. The third-order valence-electron chi connectivity index (χ3n) is 5.05. The second kappa shape index (κ2) is 7.71. The maximum atomic E-state index is 9.67. The van der Waals surface area contributed by atoms with Gasteiger partial charge in [-0.25, -0.2) is 0 Å². The molecule has 0 saturated carbocycles. The van der Waals surface area contributed by atoms with Crippen LogP contribution in [0.3, 0.4) is 0 Å². The van der Waals surface area contributed by atoms with Crippen molar-refractivity contribution in [3.8, 4) is 6.07 Å². The average molecular weight is 349 g/mol. The maximum absolute atomic E-state index is 9.67. The molecular formula is C20H23N5O. The molecule has 2 aliphatic heterocycles. The van der Waals surface area contributed by atoms with Gasteiger partial charge >= 0.3 is 0 Å². The van der Waals surface area contributed by atoms with Crippen molar-refractivity contribution >= 4 is 17.3 Å². The van der Waals surface area contributed by atoms with Crippen LogP contribution in [0.25, 0.3) is 11.6 Å². The fourth-order valence-corrected chi connectivity index (χ4v) is 3.60. The first-order valence-corrected chi connectivity index (χ1v) is 9.32. The van der Waals surface area contributed by atoms with Gasteiger partial charge in [-0.2, -0.15) is 5.26 Å². The first kappa shape index (κ1) is 16.8. The number of rotatable bonds is 3. The van der Waals surface area contributed by atoms with Crippen LogP contribution in [-0.2, 0) is 17.7 Å². The summed E-state index contributed by atoms with van der Waals surface area (Å²) in [7, 11) is 0. The van der Waals surface area contributed by atoms with E-state index < -0.39 is 0 Å². The van der Waals surface area contributed by atoms with Crippen molar-refractivity contribution in [2.75, 3.05) is 31.2 Å². The first-order valence-electron chi connectivity index (χ1n) is 9.32. The summed E-state index contributed by atoms with van der Waals surface area (Å²) in [5.74, 6) is 1.70. The van der Waals surface area contributed by atoms with Gasteiger partial charge in [0.25, 0.3) is 0 Å². The topological polar surface area (TPSA) is 67.0 Å². The van der Waals surface area contributed by atoms with Crippen LogP contribution in [0.2, 0.25) is 0 Å². The molecule has 0 unspecified atom stereocenters. The minimum absolute atomic E-state index is 0.574. The smallest absolute Gasteiger partial charge is 0.174 e. The normalized spacial score (nSPS) is 18.1. The van der Waals surface area contributed by atoms with Gasteiger partial charge in [-0.1, -0.05) is 18.6 Å². The van der Waals surface area contributed by atoms with E-state index in [4.69, 9.17) is 4.74 Å². The van der Waals surface area contributed by atoms with Gasteiger partial charge in [-0.3, -0.25) is 0 Å². The van der Waals surface area contributed by atoms with E-state index in [1.165, 1.54) is 12.1 Å². The number of aryl methyl sites for hydroxylation is 1. The zero-order chi connectivity index (χ0) is 17.8. The van der Waals surface area contributed by atoms with Crippen LogP contribution in [-0.4, -0.2) is 41.1 Å². The number of ether oxygens (including phenoxy) is 1. The van der Waals surface area contributed by atoms with Crippen LogP contribution in [0, 0.1) is 11.3 Å². The molecule has 2 aliphatic rings. The van der Waals surface area contributed by atoms with Crippen LogP contribution in [0.4, 0.5) is 5.69 Å². The number of nitrogens with zero attached hydrogens (tertiary/aromatic N) is 5. The summed E-state index contributed by atoms with van der Waals surface area (Å²) < 4.78 is 7.52. The van der Waals surface area contributed by atoms with Crippen LogP contribution >= 0.6 is 0 Å². The SMILES string of the molecule is N#C/C(=C/c1ccc(N2CCOCC2)cc1)c1nnc2n1CCCCC2. The Balaban J connectivity index is 1.58. The molecule has 26 heavy (non-hydrogen) atoms. The fraction of sp³-hybridized carbons (Fsp3) is 0.450. The van der Waals surface area contributed by atoms with Crippen molar-refractivity contribution < 1.29 is 4.74 Å². The van der Waals surface area contributed by atoms with E-state index in [2.05, 4.69) is 50.0 Å².